The molecule has 4 rings (SSSR count). The van der Waals surface area contributed by atoms with Gasteiger partial charge in [0.1, 0.15) is 6.23 Å². The van der Waals surface area contributed by atoms with E-state index in [1.807, 2.05) is 0 Å². The zero-order valence-electron chi connectivity index (χ0n) is 5.92. The summed E-state index contributed by atoms with van der Waals surface area (Å²) >= 11 is 0. The molecule has 0 radical (unpaired) electrons. The zero-order chi connectivity index (χ0) is 6.55. The summed E-state index contributed by atoms with van der Waals surface area (Å²) in [5.41, 5.74) is 0. The first-order chi connectivity index (χ1) is 4.95. The summed E-state index contributed by atoms with van der Waals surface area (Å²) < 4.78 is 5.49. The van der Waals surface area contributed by atoms with Crippen molar-refractivity contribution in [2.45, 2.75) is 24.7 Å². The van der Waals surface area contributed by atoms with Crippen LogP contribution in [0, 0.1) is 0 Å². The third-order valence-electron chi connectivity index (χ3n) is 2.89. The molecule has 2 bridgehead atoms. The predicted octanol–water partition coefficient (Wildman–Crippen LogP) is -0.611. The van der Waals surface area contributed by atoms with E-state index in [0.717, 1.165) is 18.7 Å². The van der Waals surface area contributed by atoms with Gasteiger partial charge in [0.2, 0.25) is 0 Å². The molecule has 2 atom stereocenters. The minimum absolute atomic E-state index is 0.497. The van der Waals surface area contributed by atoms with Crippen LogP contribution in [-0.2, 0) is 4.74 Å². The summed E-state index contributed by atoms with van der Waals surface area (Å²) in [6.07, 6.45) is 1.79. The Labute approximate surface area is 60.3 Å². The SMILES string of the molecule is C1NCC1N1[C@H]2CO[C@@H]1C2. The van der Waals surface area contributed by atoms with Gasteiger partial charge in [0.15, 0.2) is 0 Å². The maximum atomic E-state index is 5.49. The van der Waals surface area contributed by atoms with Gasteiger partial charge in [0, 0.05) is 31.6 Å². The van der Waals surface area contributed by atoms with E-state index in [9.17, 15) is 0 Å². The van der Waals surface area contributed by atoms with Gasteiger partial charge < -0.3 is 10.1 Å². The van der Waals surface area contributed by atoms with Crippen molar-refractivity contribution in [2.75, 3.05) is 19.7 Å². The van der Waals surface area contributed by atoms with E-state index >= 15 is 0 Å². The number of rotatable bonds is 1. The van der Waals surface area contributed by atoms with E-state index in [1.54, 1.807) is 0 Å². The van der Waals surface area contributed by atoms with Crippen LogP contribution in [-0.4, -0.2) is 42.9 Å². The third kappa shape index (κ3) is 0.516. The van der Waals surface area contributed by atoms with Crippen molar-refractivity contribution in [2.24, 2.45) is 0 Å². The number of hydrogen-bond donors (Lipinski definition) is 1. The van der Waals surface area contributed by atoms with E-state index in [1.165, 1.54) is 19.5 Å². The van der Waals surface area contributed by atoms with Crippen LogP contribution in [0.1, 0.15) is 6.42 Å². The van der Waals surface area contributed by atoms with Crippen LogP contribution < -0.4 is 5.32 Å². The summed E-state index contributed by atoms with van der Waals surface area (Å²) in [4.78, 5) is 2.52. The average Bonchev–Trinajstić information content (AvgIpc) is 2.33. The molecule has 4 aliphatic heterocycles. The minimum Gasteiger partial charge on any atom is -0.361 e. The fraction of sp³-hybridized carbons (Fsp3) is 1.00. The largest absolute Gasteiger partial charge is 0.361 e. The van der Waals surface area contributed by atoms with Crippen molar-refractivity contribution in [3.63, 3.8) is 0 Å². The van der Waals surface area contributed by atoms with E-state index in [0.29, 0.717) is 6.23 Å². The highest BCUT2D eigenvalue weighted by Gasteiger charge is 2.50. The first kappa shape index (κ1) is 5.52. The molecule has 0 aromatic rings. The molecule has 4 aliphatic rings. The molecule has 4 heterocycles. The first-order valence-electron chi connectivity index (χ1n) is 4.05. The highest BCUT2D eigenvalue weighted by atomic mass is 16.5. The molecule has 0 unspecified atom stereocenters. The molecular formula is C7H12N2O. The normalized spacial score (nSPS) is 46.8. The Kier molecular flexibility index (Phi) is 0.952. The number of ether oxygens (including phenoxy) is 1. The molecule has 0 amide bonds. The lowest BCUT2D eigenvalue weighted by Gasteiger charge is -2.47. The van der Waals surface area contributed by atoms with Crippen LogP contribution in [0.3, 0.4) is 0 Å². The van der Waals surface area contributed by atoms with Gasteiger partial charge in [-0.05, 0) is 0 Å². The van der Waals surface area contributed by atoms with Crippen molar-refractivity contribution in [3.05, 3.63) is 0 Å². The van der Waals surface area contributed by atoms with Crippen LogP contribution in [0.4, 0.5) is 0 Å². The van der Waals surface area contributed by atoms with Crippen LogP contribution in [0.5, 0.6) is 0 Å². The molecule has 3 heteroatoms. The first-order valence-corrected chi connectivity index (χ1v) is 4.05. The average molecular weight is 140 g/mol. The van der Waals surface area contributed by atoms with Gasteiger partial charge in [-0.1, -0.05) is 0 Å². The maximum absolute atomic E-state index is 5.49. The van der Waals surface area contributed by atoms with E-state index in [2.05, 4.69) is 10.2 Å². The fourth-order valence-electron chi connectivity index (χ4n) is 2.12. The van der Waals surface area contributed by atoms with E-state index < -0.39 is 0 Å². The monoisotopic (exact) mass is 140 g/mol. The molecule has 0 aliphatic carbocycles. The minimum atomic E-state index is 0.497. The second-order valence-corrected chi connectivity index (χ2v) is 3.44. The second-order valence-electron chi connectivity index (χ2n) is 3.44. The van der Waals surface area contributed by atoms with Gasteiger partial charge in [-0.15, -0.1) is 0 Å². The van der Waals surface area contributed by atoms with Crippen molar-refractivity contribution in [1.29, 1.82) is 0 Å². The second kappa shape index (κ2) is 1.72. The third-order valence-corrected chi connectivity index (χ3v) is 2.89. The van der Waals surface area contributed by atoms with E-state index in [4.69, 9.17) is 4.74 Å². The molecular weight excluding hydrogens is 128 g/mol. The summed E-state index contributed by atoms with van der Waals surface area (Å²) in [5.74, 6) is 0. The predicted molar refractivity (Wildman–Crippen MR) is 36.6 cm³/mol. The molecule has 10 heavy (non-hydrogen) atoms. The Hall–Kier alpha value is -0.120. The van der Waals surface area contributed by atoms with Crippen molar-refractivity contribution in [1.82, 2.24) is 10.2 Å². The number of fused-ring (bicyclic) bond motifs is 1. The molecule has 0 spiro atoms. The van der Waals surface area contributed by atoms with Gasteiger partial charge in [0.25, 0.3) is 0 Å². The van der Waals surface area contributed by atoms with Crippen LogP contribution in [0.25, 0.3) is 0 Å². The quantitative estimate of drug-likeness (QED) is 0.526. The number of nitrogens with one attached hydrogen (secondary N) is 1. The number of hydrogen-bond acceptors (Lipinski definition) is 3. The Morgan fingerprint density at radius 3 is 2.60 bits per heavy atom. The zero-order valence-corrected chi connectivity index (χ0v) is 5.92. The van der Waals surface area contributed by atoms with E-state index in [-0.39, 0.29) is 0 Å². The number of nitrogens with zero attached hydrogens (tertiary/aromatic N) is 1. The Morgan fingerprint density at radius 2 is 2.20 bits per heavy atom. The van der Waals surface area contributed by atoms with Gasteiger partial charge in [-0.25, -0.2) is 0 Å². The van der Waals surface area contributed by atoms with Gasteiger partial charge in [-0.3, -0.25) is 4.90 Å². The molecule has 56 valence electrons. The van der Waals surface area contributed by atoms with Gasteiger partial charge in [0.05, 0.1) is 6.61 Å². The molecule has 4 saturated heterocycles. The highest BCUT2D eigenvalue weighted by Crippen LogP contribution is 2.36. The molecule has 0 saturated carbocycles. The molecule has 3 nitrogen and oxygen atoms in total. The maximum Gasteiger partial charge on any atom is 0.112 e. The smallest absolute Gasteiger partial charge is 0.112 e. The lowest BCUT2D eigenvalue weighted by molar-refractivity contribution is -0.0675. The molecule has 0 aromatic carbocycles. The summed E-state index contributed by atoms with van der Waals surface area (Å²) in [6.45, 7) is 3.34. The van der Waals surface area contributed by atoms with Crippen molar-refractivity contribution >= 4 is 0 Å². The highest BCUT2D eigenvalue weighted by molar-refractivity contribution is 5.01. The van der Waals surface area contributed by atoms with Gasteiger partial charge >= 0.3 is 0 Å². The van der Waals surface area contributed by atoms with Crippen LogP contribution in [0.2, 0.25) is 0 Å². The summed E-state index contributed by atoms with van der Waals surface area (Å²) in [6, 6.07) is 1.57. The summed E-state index contributed by atoms with van der Waals surface area (Å²) in [7, 11) is 0. The Morgan fingerprint density at radius 1 is 1.30 bits per heavy atom. The Bertz CT molecular complexity index is 144. The molecule has 1 N–H and O–H groups in total. The fourth-order valence-corrected chi connectivity index (χ4v) is 2.12. The molecule has 4 fully saturated rings. The lowest BCUT2D eigenvalue weighted by atomic mass is 9.98. The van der Waals surface area contributed by atoms with Crippen LogP contribution in [0.15, 0.2) is 0 Å². The van der Waals surface area contributed by atoms with Gasteiger partial charge in [-0.2, -0.15) is 0 Å². The Balaban J connectivity index is 1.72. The standard InChI is InChI=1S/C7H12N2O/c1-5-4-10-7(1)9(5)6-2-8-3-6/h5-8H,1-4H2/t5-,7-/m1/s1. The van der Waals surface area contributed by atoms with Crippen molar-refractivity contribution < 1.29 is 4.74 Å². The topological polar surface area (TPSA) is 24.5 Å². The molecule has 0 aromatic heterocycles. The van der Waals surface area contributed by atoms with Crippen LogP contribution >= 0.6 is 0 Å². The summed E-state index contributed by atoms with van der Waals surface area (Å²) in [5, 5.41) is 3.28. The lowest BCUT2D eigenvalue weighted by Crippen LogP contribution is -2.65. The van der Waals surface area contributed by atoms with Crippen molar-refractivity contribution in [3.8, 4) is 0 Å².